The van der Waals surface area contributed by atoms with E-state index in [0.717, 1.165) is 25.9 Å². The number of aromatic carboxylic acids is 1. The first-order valence-electron chi connectivity index (χ1n) is 7.02. The molecule has 0 atom stereocenters. The van der Waals surface area contributed by atoms with Crippen molar-refractivity contribution in [2.24, 2.45) is 0 Å². The normalized spacial score (nSPS) is 21.6. The Labute approximate surface area is 122 Å². The second kappa shape index (κ2) is 5.04. The van der Waals surface area contributed by atoms with Crippen molar-refractivity contribution in [3.8, 4) is 0 Å². The smallest absolute Gasteiger partial charge is 0.415 e. The fourth-order valence-corrected chi connectivity index (χ4v) is 2.89. The first-order valence-corrected chi connectivity index (χ1v) is 7.02. The van der Waals surface area contributed by atoms with Crippen molar-refractivity contribution in [1.29, 1.82) is 0 Å². The van der Waals surface area contributed by atoms with Gasteiger partial charge in [-0.2, -0.15) is 0 Å². The monoisotopic (exact) mass is 290 g/mol. The van der Waals surface area contributed by atoms with Gasteiger partial charge >= 0.3 is 12.1 Å². The molecule has 0 aromatic heterocycles. The van der Waals surface area contributed by atoms with Crippen LogP contribution in [0.5, 0.6) is 0 Å². The van der Waals surface area contributed by atoms with Crippen molar-refractivity contribution in [1.82, 2.24) is 4.90 Å². The maximum Gasteiger partial charge on any atom is 0.415 e. The zero-order chi connectivity index (χ0) is 15.0. The van der Waals surface area contributed by atoms with Gasteiger partial charge in [-0.3, -0.25) is 4.90 Å². The SMILES string of the molecule is CN1CCC2(CC1)CN(c1ccc(C(=O)O)cc1)C(=O)O2. The molecule has 1 amide bonds. The number of anilines is 1. The van der Waals surface area contributed by atoms with E-state index in [0.29, 0.717) is 12.2 Å². The number of piperidine rings is 1. The van der Waals surface area contributed by atoms with Crippen molar-refractivity contribution in [3.63, 3.8) is 0 Å². The highest BCUT2D eigenvalue weighted by Crippen LogP contribution is 2.35. The van der Waals surface area contributed by atoms with Crippen LogP contribution in [0.4, 0.5) is 10.5 Å². The molecule has 1 aromatic carbocycles. The van der Waals surface area contributed by atoms with Gasteiger partial charge in [0.15, 0.2) is 0 Å². The van der Waals surface area contributed by atoms with Gasteiger partial charge in [-0.05, 0) is 31.3 Å². The molecule has 1 N–H and O–H groups in total. The molecule has 3 rings (SSSR count). The highest BCUT2D eigenvalue weighted by atomic mass is 16.6. The summed E-state index contributed by atoms with van der Waals surface area (Å²) in [6.07, 6.45) is 1.32. The summed E-state index contributed by atoms with van der Waals surface area (Å²) < 4.78 is 5.63. The third kappa shape index (κ3) is 2.58. The number of carbonyl (C=O) groups is 2. The maximum absolute atomic E-state index is 12.1. The molecule has 0 saturated carbocycles. The second-order valence-electron chi connectivity index (χ2n) is 5.79. The van der Waals surface area contributed by atoms with E-state index in [9.17, 15) is 9.59 Å². The van der Waals surface area contributed by atoms with Crippen LogP contribution in [-0.2, 0) is 4.74 Å². The number of amides is 1. The summed E-state index contributed by atoms with van der Waals surface area (Å²) in [4.78, 5) is 26.8. The highest BCUT2D eigenvalue weighted by Gasteiger charge is 2.46. The number of nitrogens with zero attached hydrogens (tertiary/aromatic N) is 2. The summed E-state index contributed by atoms with van der Waals surface area (Å²) in [5.41, 5.74) is 0.496. The average Bonchev–Trinajstić information content (AvgIpc) is 2.79. The zero-order valence-corrected chi connectivity index (χ0v) is 11.9. The first kappa shape index (κ1) is 13.9. The minimum absolute atomic E-state index is 0.209. The van der Waals surface area contributed by atoms with Crippen molar-refractivity contribution < 1.29 is 19.4 Å². The third-order valence-electron chi connectivity index (χ3n) is 4.29. The van der Waals surface area contributed by atoms with E-state index < -0.39 is 11.6 Å². The van der Waals surface area contributed by atoms with Crippen molar-refractivity contribution in [3.05, 3.63) is 29.8 Å². The lowest BCUT2D eigenvalue weighted by atomic mass is 9.91. The number of carboxylic acids is 1. The van der Waals surface area contributed by atoms with Gasteiger partial charge < -0.3 is 14.7 Å². The van der Waals surface area contributed by atoms with Crippen molar-refractivity contribution in [2.45, 2.75) is 18.4 Å². The lowest BCUT2D eigenvalue weighted by Crippen LogP contribution is -2.45. The van der Waals surface area contributed by atoms with Crippen LogP contribution in [0.3, 0.4) is 0 Å². The number of rotatable bonds is 2. The minimum atomic E-state index is -0.975. The van der Waals surface area contributed by atoms with Crippen LogP contribution < -0.4 is 4.90 Å². The van der Waals surface area contributed by atoms with E-state index in [1.807, 2.05) is 0 Å². The summed E-state index contributed by atoms with van der Waals surface area (Å²) >= 11 is 0. The van der Waals surface area contributed by atoms with Crippen LogP contribution in [0, 0.1) is 0 Å². The van der Waals surface area contributed by atoms with Crippen LogP contribution in [-0.4, -0.2) is 54.4 Å². The Kier molecular flexibility index (Phi) is 3.33. The number of carboxylic acid groups (broad SMARTS) is 1. The van der Waals surface area contributed by atoms with Crippen LogP contribution in [0.1, 0.15) is 23.2 Å². The summed E-state index contributed by atoms with van der Waals surface area (Å²) in [5, 5.41) is 8.91. The largest absolute Gasteiger partial charge is 0.478 e. The van der Waals surface area contributed by atoms with E-state index in [1.54, 1.807) is 17.0 Å². The average molecular weight is 290 g/mol. The summed E-state index contributed by atoms with van der Waals surface area (Å²) in [6.45, 7) is 2.37. The Morgan fingerprint density at radius 2 is 1.86 bits per heavy atom. The van der Waals surface area contributed by atoms with E-state index in [-0.39, 0.29) is 11.7 Å². The molecule has 21 heavy (non-hydrogen) atoms. The van der Waals surface area contributed by atoms with Crippen LogP contribution in [0.25, 0.3) is 0 Å². The molecular weight excluding hydrogens is 272 g/mol. The molecule has 2 aliphatic heterocycles. The van der Waals surface area contributed by atoms with Crippen LogP contribution in [0.2, 0.25) is 0 Å². The lowest BCUT2D eigenvalue weighted by Gasteiger charge is -2.35. The zero-order valence-electron chi connectivity index (χ0n) is 11.9. The molecule has 0 unspecified atom stereocenters. The fraction of sp³-hybridized carbons (Fsp3) is 0.467. The molecule has 6 heteroatoms. The highest BCUT2D eigenvalue weighted by molar-refractivity contribution is 5.92. The van der Waals surface area contributed by atoms with E-state index >= 15 is 0 Å². The minimum Gasteiger partial charge on any atom is -0.478 e. The molecule has 0 bridgehead atoms. The Hall–Kier alpha value is -2.08. The van der Waals surface area contributed by atoms with E-state index in [1.165, 1.54) is 12.1 Å². The van der Waals surface area contributed by atoms with Gasteiger partial charge in [-0.15, -0.1) is 0 Å². The molecular formula is C15H18N2O4. The number of benzene rings is 1. The van der Waals surface area contributed by atoms with Gasteiger partial charge in [0.25, 0.3) is 0 Å². The molecule has 0 radical (unpaired) electrons. The number of likely N-dealkylation sites (tertiary alicyclic amines) is 1. The Morgan fingerprint density at radius 3 is 2.43 bits per heavy atom. The molecule has 2 aliphatic rings. The molecule has 6 nitrogen and oxygen atoms in total. The number of hydrogen-bond acceptors (Lipinski definition) is 4. The fourth-order valence-electron chi connectivity index (χ4n) is 2.89. The Bertz CT molecular complexity index is 562. The second-order valence-corrected chi connectivity index (χ2v) is 5.79. The topological polar surface area (TPSA) is 70.1 Å². The van der Waals surface area contributed by atoms with E-state index in [2.05, 4.69) is 11.9 Å². The van der Waals surface area contributed by atoms with Gasteiger partial charge in [-0.25, -0.2) is 9.59 Å². The first-order chi connectivity index (χ1) is 9.99. The van der Waals surface area contributed by atoms with E-state index in [4.69, 9.17) is 9.84 Å². The maximum atomic E-state index is 12.1. The quantitative estimate of drug-likeness (QED) is 0.899. The van der Waals surface area contributed by atoms with Gasteiger partial charge in [0, 0.05) is 31.6 Å². The predicted molar refractivity (Wildman–Crippen MR) is 76.7 cm³/mol. The van der Waals surface area contributed by atoms with Gasteiger partial charge in [-0.1, -0.05) is 0 Å². The number of carbonyl (C=O) groups excluding carboxylic acids is 1. The third-order valence-corrected chi connectivity index (χ3v) is 4.29. The van der Waals surface area contributed by atoms with Crippen LogP contribution in [0.15, 0.2) is 24.3 Å². The van der Waals surface area contributed by atoms with Gasteiger partial charge in [0.1, 0.15) is 5.60 Å². The number of ether oxygens (including phenoxy) is 1. The molecule has 112 valence electrons. The van der Waals surface area contributed by atoms with Gasteiger partial charge in [0.2, 0.25) is 0 Å². The Balaban J connectivity index is 1.77. The molecule has 2 saturated heterocycles. The summed E-state index contributed by atoms with van der Waals surface area (Å²) in [6, 6.07) is 6.31. The number of hydrogen-bond donors (Lipinski definition) is 1. The summed E-state index contributed by atoms with van der Waals surface area (Å²) in [5.74, 6) is -0.975. The predicted octanol–water partition coefficient (Wildman–Crippen LogP) is 1.81. The van der Waals surface area contributed by atoms with Crippen molar-refractivity contribution >= 4 is 17.7 Å². The van der Waals surface area contributed by atoms with Gasteiger partial charge in [0.05, 0.1) is 12.1 Å². The molecule has 1 spiro atoms. The lowest BCUT2D eigenvalue weighted by molar-refractivity contribution is 0.00677. The molecule has 0 aliphatic carbocycles. The molecule has 2 fully saturated rings. The van der Waals surface area contributed by atoms with Crippen molar-refractivity contribution in [2.75, 3.05) is 31.6 Å². The summed E-state index contributed by atoms with van der Waals surface area (Å²) in [7, 11) is 2.06. The Morgan fingerprint density at radius 1 is 1.24 bits per heavy atom. The standard InChI is InChI=1S/C15H18N2O4/c1-16-8-6-15(7-9-16)10-17(14(20)21-15)12-4-2-11(3-5-12)13(18)19/h2-5H,6-10H2,1H3,(H,18,19). The van der Waals surface area contributed by atoms with Crippen LogP contribution >= 0.6 is 0 Å². The molecule has 1 aromatic rings. The molecule has 2 heterocycles.